The lowest BCUT2D eigenvalue weighted by Crippen LogP contribution is -2.36. The van der Waals surface area contributed by atoms with Crippen molar-refractivity contribution in [3.8, 4) is 5.75 Å². The molecule has 110 valence electrons. The van der Waals surface area contributed by atoms with Gasteiger partial charge in [-0.3, -0.25) is 4.79 Å². The monoisotopic (exact) mass is 285 g/mol. The van der Waals surface area contributed by atoms with Crippen LogP contribution in [-0.4, -0.2) is 24.7 Å². The SMILES string of the molecule is COc1ccc(C2=NO[C@@H]3[C@@H]4C[C@H](C[C@H]4C(C)=O)[C@@H]23)cc1. The average Bonchev–Trinajstić information content (AvgIpc) is 3.18. The molecule has 0 amide bonds. The van der Waals surface area contributed by atoms with E-state index in [0.717, 1.165) is 29.9 Å². The number of hydrogen-bond acceptors (Lipinski definition) is 4. The molecule has 0 spiro atoms. The summed E-state index contributed by atoms with van der Waals surface area (Å²) in [5.41, 5.74) is 2.16. The molecular formula is C17H19NO3. The van der Waals surface area contributed by atoms with Crippen LogP contribution in [0.3, 0.4) is 0 Å². The number of carbonyl (C=O) groups is 1. The average molecular weight is 285 g/mol. The lowest BCUT2D eigenvalue weighted by atomic mass is 9.75. The Hall–Kier alpha value is -1.84. The van der Waals surface area contributed by atoms with Gasteiger partial charge in [0.25, 0.3) is 0 Å². The highest BCUT2D eigenvalue weighted by molar-refractivity contribution is 6.03. The molecule has 2 fully saturated rings. The quantitative estimate of drug-likeness (QED) is 0.858. The van der Waals surface area contributed by atoms with E-state index in [2.05, 4.69) is 5.16 Å². The van der Waals surface area contributed by atoms with Gasteiger partial charge in [-0.1, -0.05) is 5.16 Å². The van der Waals surface area contributed by atoms with Crippen LogP contribution in [0.5, 0.6) is 5.75 Å². The van der Waals surface area contributed by atoms with Crippen molar-refractivity contribution < 1.29 is 14.4 Å². The van der Waals surface area contributed by atoms with Gasteiger partial charge >= 0.3 is 0 Å². The van der Waals surface area contributed by atoms with E-state index in [9.17, 15) is 4.79 Å². The summed E-state index contributed by atoms with van der Waals surface area (Å²) in [5.74, 6) is 2.59. The van der Waals surface area contributed by atoms with Crippen LogP contribution < -0.4 is 4.74 Å². The number of ether oxygens (including phenoxy) is 1. The molecule has 0 N–H and O–H groups in total. The van der Waals surface area contributed by atoms with E-state index in [-0.39, 0.29) is 12.0 Å². The standard InChI is InChI=1S/C17H19NO3/c1-9(19)13-7-11-8-14(13)17-15(11)16(18-21-17)10-3-5-12(20-2)6-4-10/h3-6,11,13-15,17H,7-8H2,1-2H3/t11-,13-,14+,15-,17+/m0/s1. The zero-order chi connectivity index (χ0) is 14.6. The predicted molar refractivity (Wildman–Crippen MR) is 78.3 cm³/mol. The van der Waals surface area contributed by atoms with Crippen molar-refractivity contribution in [1.82, 2.24) is 0 Å². The number of benzene rings is 1. The van der Waals surface area contributed by atoms with Crippen LogP contribution in [0.2, 0.25) is 0 Å². The van der Waals surface area contributed by atoms with Crippen molar-refractivity contribution in [3.05, 3.63) is 29.8 Å². The van der Waals surface area contributed by atoms with Crippen LogP contribution in [0.15, 0.2) is 29.4 Å². The second-order valence-corrected chi connectivity index (χ2v) is 6.41. The normalized spacial score (nSPS) is 36.1. The number of ketones is 1. The number of oxime groups is 1. The van der Waals surface area contributed by atoms with E-state index in [4.69, 9.17) is 9.57 Å². The molecule has 0 saturated heterocycles. The highest BCUT2D eigenvalue weighted by Crippen LogP contribution is 2.56. The van der Waals surface area contributed by atoms with Crippen molar-refractivity contribution >= 4 is 11.5 Å². The molecule has 1 heterocycles. The first kappa shape index (κ1) is 12.9. The third kappa shape index (κ3) is 1.81. The zero-order valence-corrected chi connectivity index (χ0v) is 12.3. The lowest BCUT2D eigenvalue weighted by molar-refractivity contribution is -0.124. The van der Waals surface area contributed by atoms with Crippen LogP contribution in [0.1, 0.15) is 25.3 Å². The first-order valence-electron chi connectivity index (χ1n) is 7.57. The molecule has 4 heteroatoms. The molecule has 2 aliphatic carbocycles. The number of hydrogen-bond donors (Lipinski definition) is 0. The Morgan fingerprint density at radius 1 is 1.29 bits per heavy atom. The number of Topliss-reactive ketones (excluding diaryl/α,β-unsaturated/α-hetero) is 1. The summed E-state index contributed by atoms with van der Waals surface area (Å²) in [7, 11) is 1.67. The molecule has 21 heavy (non-hydrogen) atoms. The van der Waals surface area contributed by atoms with Crippen molar-refractivity contribution in [2.45, 2.75) is 25.9 Å². The third-order valence-electron chi connectivity index (χ3n) is 5.43. The molecule has 4 nitrogen and oxygen atoms in total. The fourth-order valence-electron chi connectivity index (χ4n) is 4.48. The Morgan fingerprint density at radius 2 is 2.05 bits per heavy atom. The Bertz CT molecular complexity index is 607. The minimum Gasteiger partial charge on any atom is -0.497 e. The van der Waals surface area contributed by atoms with Crippen LogP contribution in [-0.2, 0) is 9.63 Å². The highest BCUT2D eigenvalue weighted by Gasteiger charge is 2.59. The smallest absolute Gasteiger partial charge is 0.139 e. The maximum absolute atomic E-state index is 11.7. The van der Waals surface area contributed by atoms with Gasteiger partial charge in [-0.25, -0.2) is 0 Å². The van der Waals surface area contributed by atoms with Crippen LogP contribution in [0.4, 0.5) is 0 Å². The number of fused-ring (bicyclic) bond motifs is 5. The zero-order valence-electron chi connectivity index (χ0n) is 12.3. The van der Waals surface area contributed by atoms with Gasteiger partial charge in [-0.15, -0.1) is 0 Å². The van der Waals surface area contributed by atoms with E-state index in [1.54, 1.807) is 14.0 Å². The molecule has 1 aliphatic heterocycles. The van der Waals surface area contributed by atoms with E-state index < -0.39 is 0 Å². The van der Waals surface area contributed by atoms with Gasteiger partial charge in [0.1, 0.15) is 17.6 Å². The van der Waals surface area contributed by atoms with Crippen molar-refractivity contribution in [1.29, 1.82) is 0 Å². The molecule has 1 aromatic rings. The molecule has 1 aromatic carbocycles. The number of nitrogens with zero attached hydrogens (tertiary/aromatic N) is 1. The van der Waals surface area contributed by atoms with Crippen molar-refractivity contribution in [3.63, 3.8) is 0 Å². The Kier molecular flexibility index (Phi) is 2.81. The van der Waals surface area contributed by atoms with Gasteiger partial charge < -0.3 is 9.57 Å². The molecule has 4 rings (SSSR count). The van der Waals surface area contributed by atoms with Gasteiger partial charge in [0.05, 0.1) is 12.8 Å². The first-order valence-corrected chi connectivity index (χ1v) is 7.57. The molecule has 3 aliphatic rings. The first-order chi connectivity index (χ1) is 10.2. The number of carbonyl (C=O) groups excluding carboxylic acids is 1. The summed E-state index contributed by atoms with van der Waals surface area (Å²) in [6, 6.07) is 7.99. The van der Waals surface area contributed by atoms with E-state index in [1.165, 1.54) is 0 Å². The van der Waals surface area contributed by atoms with Crippen LogP contribution >= 0.6 is 0 Å². The van der Waals surface area contributed by atoms with E-state index in [1.807, 2.05) is 24.3 Å². The summed E-state index contributed by atoms with van der Waals surface area (Å²) in [6.45, 7) is 1.71. The summed E-state index contributed by atoms with van der Waals surface area (Å²) in [5, 5.41) is 4.35. The molecular weight excluding hydrogens is 266 g/mol. The number of methoxy groups -OCH3 is 1. The molecule has 0 radical (unpaired) electrons. The van der Waals surface area contributed by atoms with Crippen LogP contribution in [0, 0.1) is 23.7 Å². The van der Waals surface area contributed by atoms with Gasteiger partial charge in [-0.2, -0.15) is 0 Å². The van der Waals surface area contributed by atoms with Crippen LogP contribution in [0.25, 0.3) is 0 Å². The Balaban J connectivity index is 1.59. The highest BCUT2D eigenvalue weighted by atomic mass is 16.6. The van der Waals surface area contributed by atoms with E-state index >= 15 is 0 Å². The molecule has 2 bridgehead atoms. The van der Waals surface area contributed by atoms with E-state index in [0.29, 0.717) is 23.5 Å². The molecule has 5 atom stereocenters. The van der Waals surface area contributed by atoms with Gasteiger partial charge in [0.15, 0.2) is 0 Å². The fraction of sp³-hybridized carbons (Fsp3) is 0.529. The minimum absolute atomic E-state index is 0.106. The predicted octanol–water partition coefficient (Wildman–Crippen LogP) is 2.66. The largest absolute Gasteiger partial charge is 0.497 e. The second kappa shape index (κ2) is 4.58. The van der Waals surface area contributed by atoms with Gasteiger partial charge in [0.2, 0.25) is 0 Å². The molecule has 0 unspecified atom stereocenters. The molecule has 2 saturated carbocycles. The summed E-state index contributed by atoms with van der Waals surface area (Å²) < 4.78 is 5.20. The summed E-state index contributed by atoms with van der Waals surface area (Å²) in [4.78, 5) is 17.5. The third-order valence-corrected chi connectivity index (χ3v) is 5.43. The van der Waals surface area contributed by atoms with Crippen molar-refractivity contribution in [2.24, 2.45) is 28.8 Å². The van der Waals surface area contributed by atoms with Crippen molar-refractivity contribution in [2.75, 3.05) is 7.11 Å². The van der Waals surface area contributed by atoms with Gasteiger partial charge in [-0.05, 0) is 49.9 Å². The topological polar surface area (TPSA) is 47.9 Å². The lowest BCUT2D eigenvalue weighted by Gasteiger charge is -2.28. The Morgan fingerprint density at radius 3 is 2.71 bits per heavy atom. The molecule has 0 aromatic heterocycles. The number of rotatable bonds is 3. The minimum atomic E-state index is 0.106. The fourth-order valence-corrected chi connectivity index (χ4v) is 4.48. The maximum Gasteiger partial charge on any atom is 0.139 e. The second-order valence-electron chi connectivity index (χ2n) is 6.41. The summed E-state index contributed by atoms with van der Waals surface area (Å²) in [6.07, 6.45) is 2.21. The summed E-state index contributed by atoms with van der Waals surface area (Å²) >= 11 is 0. The maximum atomic E-state index is 11.7. The Labute approximate surface area is 124 Å². The van der Waals surface area contributed by atoms with Gasteiger partial charge in [0, 0.05) is 23.3 Å².